The molecule has 0 bridgehead atoms. The molecule has 2 heterocycles. The number of hydrogen-bond donors (Lipinski definition) is 0. The molecular weight excluding hydrogens is 461 g/mol. The predicted molar refractivity (Wildman–Crippen MR) is 107 cm³/mol. The van der Waals surface area contributed by atoms with Gasteiger partial charge in [-0.15, -0.1) is 0 Å². The maximum absolute atomic E-state index is 14.1. The van der Waals surface area contributed by atoms with Crippen LogP contribution in [0, 0.1) is 11.6 Å². The summed E-state index contributed by atoms with van der Waals surface area (Å²) in [5.41, 5.74) is 1.44. The summed E-state index contributed by atoms with van der Waals surface area (Å²) in [4.78, 5) is 13.2. The van der Waals surface area contributed by atoms with Gasteiger partial charge in [-0.25, -0.2) is 22.0 Å². The Kier molecular flexibility index (Phi) is 5.65. The van der Waals surface area contributed by atoms with Gasteiger partial charge < -0.3 is 4.74 Å². The number of amides is 1. The summed E-state index contributed by atoms with van der Waals surface area (Å²) in [7, 11) is -4.21. The van der Waals surface area contributed by atoms with Crippen molar-refractivity contribution < 1.29 is 26.7 Å². The number of ether oxygens (including phenoxy) is 1. The van der Waals surface area contributed by atoms with Crippen LogP contribution in [0.4, 0.5) is 19.3 Å². The van der Waals surface area contributed by atoms with Crippen molar-refractivity contribution in [3.8, 4) is 0 Å². The van der Waals surface area contributed by atoms with Crippen LogP contribution in [-0.4, -0.2) is 37.9 Å². The Morgan fingerprint density at radius 3 is 2.43 bits per heavy atom. The lowest BCUT2D eigenvalue weighted by atomic mass is 10.0. The van der Waals surface area contributed by atoms with Gasteiger partial charge in [-0.1, -0.05) is 23.2 Å². The maximum atomic E-state index is 14.1. The van der Waals surface area contributed by atoms with Gasteiger partial charge in [-0.2, -0.15) is 4.31 Å². The highest BCUT2D eigenvalue weighted by Gasteiger charge is 2.38. The van der Waals surface area contributed by atoms with Gasteiger partial charge in [0.1, 0.15) is 23.1 Å². The minimum absolute atomic E-state index is 0.0497. The van der Waals surface area contributed by atoms with E-state index in [9.17, 15) is 22.0 Å². The zero-order chi connectivity index (χ0) is 21.6. The fraction of sp³-hybridized carbons (Fsp3) is 0.316. The molecule has 0 N–H and O–H groups in total. The first-order chi connectivity index (χ1) is 14.2. The Hall–Kier alpha value is -1.94. The molecule has 0 spiro atoms. The third-order valence-corrected chi connectivity index (χ3v) is 7.67. The first-order valence-electron chi connectivity index (χ1n) is 9.07. The standard InChI is InChI=1S/C19H16Cl2F2N2O4S/c20-12-1-2-17-11(7-12)10-29-19(26)25(17)13-3-5-24(6-4-13)30(27,28)18-8-14(21)15(22)9-16(18)23/h1-2,7-9,13H,3-6,10H2. The number of nitrogens with zero attached hydrogens (tertiary/aromatic N) is 2. The summed E-state index contributed by atoms with van der Waals surface area (Å²) in [6.07, 6.45) is 0.113. The zero-order valence-electron chi connectivity index (χ0n) is 15.4. The highest BCUT2D eigenvalue weighted by molar-refractivity contribution is 7.89. The molecule has 1 amide bonds. The summed E-state index contributed by atoms with van der Waals surface area (Å²) in [5, 5.41) is 0.0451. The number of hydrogen-bond acceptors (Lipinski definition) is 4. The van der Waals surface area contributed by atoms with Crippen molar-refractivity contribution in [1.29, 1.82) is 0 Å². The average molecular weight is 477 g/mol. The molecule has 2 aromatic carbocycles. The van der Waals surface area contributed by atoms with Gasteiger partial charge in [0, 0.05) is 35.8 Å². The molecule has 0 saturated carbocycles. The van der Waals surface area contributed by atoms with E-state index in [1.165, 1.54) is 4.90 Å². The predicted octanol–water partition coefficient (Wildman–Crippen LogP) is 4.58. The second-order valence-electron chi connectivity index (χ2n) is 7.03. The maximum Gasteiger partial charge on any atom is 0.414 e. The van der Waals surface area contributed by atoms with Crippen molar-refractivity contribution in [2.75, 3.05) is 18.0 Å². The lowest BCUT2D eigenvalue weighted by Crippen LogP contribution is -2.50. The second-order valence-corrected chi connectivity index (χ2v) is 9.78. The van der Waals surface area contributed by atoms with Crippen LogP contribution < -0.4 is 4.90 Å². The van der Waals surface area contributed by atoms with Crippen LogP contribution in [0.1, 0.15) is 18.4 Å². The number of benzene rings is 2. The summed E-state index contributed by atoms with van der Waals surface area (Å²) in [6.45, 7) is 0.214. The molecule has 2 aromatic rings. The molecule has 6 nitrogen and oxygen atoms in total. The zero-order valence-corrected chi connectivity index (χ0v) is 17.8. The fourth-order valence-electron chi connectivity index (χ4n) is 3.74. The van der Waals surface area contributed by atoms with Gasteiger partial charge in [0.15, 0.2) is 0 Å². The lowest BCUT2D eigenvalue weighted by Gasteiger charge is -2.39. The quantitative estimate of drug-likeness (QED) is 0.608. The molecule has 30 heavy (non-hydrogen) atoms. The molecule has 1 saturated heterocycles. The molecule has 4 rings (SSSR count). The summed E-state index contributed by atoms with van der Waals surface area (Å²) >= 11 is 11.7. The smallest absolute Gasteiger partial charge is 0.414 e. The first kappa shape index (κ1) is 21.3. The Morgan fingerprint density at radius 2 is 1.73 bits per heavy atom. The van der Waals surface area contributed by atoms with E-state index in [1.54, 1.807) is 18.2 Å². The molecule has 11 heteroatoms. The molecule has 0 aliphatic carbocycles. The summed E-state index contributed by atoms with van der Waals surface area (Å²) < 4.78 is 59.5. The van der Waals surface area contributed by atoms with E-state index in [-0.39, 0.29) is 25.7 Å². The van der Waals surface area contributed by atoms with Crippen LogP contribution in [0.3, 0.4) is 0 Å². The van der Waals surface area contributed by atoms with Crippen LogP contribution in [0.25, 0.3) is 0 Å². The molecule has 0 atom stereocenters. The van der Waals surface area contributed by atoms with Crippen LogP contribution in [0.2, 0.25) is 10.0 Å². The van der Waals surface area contributed by atoms with E-state index in [2.05, 4.69) is 0 Å². The number of sulfonamides is 1. The second kappa shape index (κ2) is 7.96. The third-order valence-electron chi connectivity index (χ3n) is 5.23. The van der Waals surface area contributed by atoms with Crippen molar-refractivity contribution in [1.82, 2.24) is 4.31 Å². The topological polar surface area (TPSA) is 66.9 Å². The highest BCUT2D eigenvalue weighted by Crippen LogP contribution is 2.35. The van der Waals surface area contributed by atoms with Crippen molar-refractivity contribution >= 4 is 45.0 Å². The lowest BCUT2D eigenvalue weighted by molar-refractivity contribution is 0.136. The van der Waals surface area contributed by atoms with E-state index in [0.29, 0.717) is 29.6 Å². The van der Waals surface area contributed by atoms with Crippen LogP contribution in [0.5, 0.6) is 0 Å². The number of fused-ring (bicyclic) bond motifs is 1. The highest BCUT2D eigenvalue weighted by atomic mass is 35.5. The van der Waals surface area contributed by atoms with Crippen molar-refractivity contribution in [3.05, 3.63) is 57.6 Å². The molecule has 160 valence electrons. The van der Waals surface area contributed by atoms with Crippen LogP contribution in [-0.2, 0) is 21.4 Å². The molecule has 0 radical (unpaired) electrons. The van der Waals surface area contributed by atoms with Gasteiger partial charge in [-0.05, 0) is 37.1 Å². The van der Waals surface area contributed by atoms with Crippen LogP contribution in [0.15, 0.2) is 35.2 Å². The van der Waals surface area contributed by atoms with Crippen molar-refractivity contribution in [3.63, 3.8) is 0 Å². The third kappa shape index (κ3) is 3.75. The van der Waals surface area contributed by atoms with Gasteiger partial charge >= 0.3 is 6.09 Å². The Labute approximate surface area is 182 Å². The van der Waals surface area contributed by atoms with E-state index < -0.39 is 37.7 Å². The monoisotopic (exact) mass is 476 g/mol. The number of rotatable bonds is 3. The minimum atomic E-state index is -4.21. The Morgan fingerprint density at radius 1 is 1.03 bits per heavy atom. The summed E-state index contributed by atoms with van der Waals surface area (Å²) in [6, 6.07) is 6.05. The fourth-order valence-corrected chi connectivity index (χ4v) is 5.70. The molecule has 0 unspecified atom stereocenters. The molecule has 2 aliphatic rings. The first-order valence-corrected chi connectivity index (χ1v) is 11.3. The van der Waals surface area contributed by atoms with Gasteiger partial charge in [0.2, 0.25) is 10.0 Å². The molecule has 0 aromatic heterocycles. The number of carbonyl (C=O) groups excluding carboxylic acids is 1. The van der Waals surface area contributed by atoms with Crippen molar-refractivity contribution in [2.24, 2.45) is 0 Å². The van der Waals surface area contributed by atoms with Gasteiger partial charge in [0.05, 0.1) is 10.7 Å². The molecule has 2 aliphatic heterocycles. The minimum Gasteiger partial charge on any atom is -0.444 e. The normalized spacial score (nSPS) is 18.3. The molecule has 1 fully saturated rings. The number of cyclic esters (lactones) is 1. The summed E-state index contributed by atoms with van der Waals surface area (Å²) in [5.74, 6) is -2.24. The van der Waals surface area contributed by atoms with Gasteiger partial charge in [-0.3, -0.25) is 4.90 Å². The largest absolute Gasteiger partial charge is 0.444 e. The van der Waals surface area contributed by atoms with Gasteiger partial charge in [0.25, 0.3) is 0 Å². The average Bonchev–Trinajstić information content (AvgIpc) is 2.71. The number of carbonyl (C=O) groups is 1. The Balaban J connectivity index is 1.55. The molecular formula is C19H16Cl2F2N2O4S. The van der Waals surface area contributed by atoms with Crippen LogP contribution >= 0.6 is 23.2 Å². The van der Waals surface area contributed by atoms with E-state index in [4.69, 9.17) is 27.9 Å². The Bertz CT molecular complexity index is 1120. The van der Waals surface area contributed by atoms with Crippen molar-refractivity contribution in [2.45, 2.75) is 30.4 Å². The van der Waals surface area contributed by atoms with E-state index in [0.717, 1.165) is 15.9 Å². The number of halogens is 4. The SMILES string of the molecule is O=C1OCc2cc(Cl)ccc2N1C1CCN(S(=O)(=O)c2cc(Cl)c(F)cc2F)CC1. The van der Waals surface area contributed by atoms with E-state index >= 15 is 0 Å². The number of piperidine rings is 1. The van der Waals surface area contributed by atoms with E-state index in [1.807, 2.05) is 0 Å². The number of anilines is 1.